The maximum atomic E-state index is 13.1. The van der Waals surface area contributed by atoms with Crippen LogP contribution in [0.15, 0.2) is 70.8 Å². The standard InChI is InChI=1S/C22H15BrN4O6/c1-33-19-12-16(27(31)32)8-9-18(19)25-10-2-3-15(25)11-17-20(28)24-22(30)26(21(17)29)14-6-4-13(23)5-7-14/h2-12H,1H3,(H,24,28,30). The number of nitrogens with zero attached hydrogens (tertiary/aromatic N) is 3. The van der Waals surface area contributed by atoms with Crippen molar-refractivity contribution in [2.24, 2.45) is 0 Å². The summed E-state index contributed by atoms with van der Waals surface area (Å²) in [4.78, 5) is 49.4. The fourth-order valence-corrected chi connectivity index (χ4v) is 3.60. The van der Waals surface area contributed by atoms with Crippen LogP contribution in [0, 0.1) is 10.1 Å². The van der Waals surface area contributed by atoms with E-state index in [1.165, 1.54) is 31.4 Å². The van der Waals surface area contributed by atoms with E-state index in [9.17, 15) is 24.5 Å². The summed E-state index contributed by atoms with van der Waals surface area (Å²) in [5.74, 6) is -1.39. The molecule has 0 aliphatic carbocycles. The average Bonchev–Trinajstić information content (AvgIpc) is 3.25. The van der Waals surface area contributed by atoms with Crippen molar-refractivity contribution in [1.82, 2.24) is 9.88 Å². The predicted octanol–water partition coefficient (Wildman–Crippen LogP) is 3.82. The number of carbonyl (C=O) groups excluding carboxylic acids is 3. The highest BCUT2D eigenvalue weighted by atomic mass is 79.9. The van der Waals surface area contributed by atoms with Gasteiger partial charge in [-0.1, -0.05) is 15.9 Å². The van der Waals surface area contributed by atoms with E-state index in [0.717, 1.165) is 9.37 Å². The first-order valence-electron chi connectivity index (χ1n) is 9.47. The van der Waals surface area contributed by atoms with Gasteiger partial charge in [0, 0.05) is 22.4 Å². The smallest absolute Gasteiger partial charge is 0.335 e. The molecule has 0 saturated carbocycles. The third-order valence-corrected chi connectivity index (χ3v) is 5.42. The van der Waals surface area contributed by atoms with Gasteiger partial charge in [-0.05, 0) is 48.5 Å². The number of carbonyl (C=O) groups is 3. The van der Waals surface area contributed by atoms with Crippen LogP contribution in [0.4, 0.5) is 16.2 Å². The first kappa shape index (κ1) is 22.0. The fourth-order valence-electron chi connectivity index (χ4n) is 3.34. The molecule has 4 rings (SSSR count). The Balaban J connectivity index is 1.76. The van der Waals surface area contributed by atoms with Crippen molar-refractivity contribution in [2.75, 3.05) is 12.0 Å². The molecular formula is C22H15BrN4O6. The van der Waals surface area contributed by atoms with Crippen LogP contribution in [-0.4, -0.2) is 34.4 Å². The van der Waals surface area contributed by atoms with E-state index < -0.39 is 22.8 Å². The molecule has 1 aromatic heterocycles. The van der Waals surface area contributed by atoms with Crippen molar-refractivity contribution in [3.63, 3.8) is 0 Å². The Morgan fingerprint density at radius 3 is 2.48 bits per heavy atom. The first-order chi connectivity index (χ1) is 15.8. The van der Waals surface area contributed by atoms with E-state index in [-0.39, 0.29) is 17.0 Å². The Labute approximate surface area is 195 Å². The van der Waals surface area contributed by atoms with Crippen molar-refractivity contribution in [1.29, 1.82) is 0 Å². The molecule has 0 atom stereocenters. The van der Waals surface area contributed by atoms with Gasteiger partial charge >= 0.3 is 6.03 Å². The van der Waals surface area contributed by atoms with E-state index >= 15 is 0 Å². The average molecular weight is 511 g/mol. The number of nitro benzene ring substituents is 1. The molecule has 0 spiro atoms. The van der Waals surface area contributed by atoms with Gasteiger partial charge < -0.3 is 9.30 Å². The fraction of sp³-hybridized carbons (Fsp3) is 0.0455. The van der Waals surface area contributed by atoms with Gasteiger partial charge in [-0.25, -0.2) is 9.69 Å². The van der Waals surface area contributed by atoms with E-state index in [2.05, 4.69) is 21.2 Å². The number of ether oxygens (including phenoxy) is 1. The van der Waals surface area contributed by atoms with E-state index in [4.69, 9.17) is 4.74 Å². The SMILES string of the molecule is COc1cc([N+](=O)[O-])ccc1-n1cccc1C=C1C(=O)NC(=O)N(c2ccc(Br)cc2)C1=O. The van der Waals surface area contributed by atoms with Gasteiger partial charge in [0.05, 0.1) is 29.5 Å². The van der Waals surface area contributed by atoms with Crippen molar-refractivity contribution < 1.29 is 24.0 Å². The maximum absolute atomic E-state index is 13.1. The van der Waals surface area contributed by atoms with E-state index in [1.807, 2.05) is 0 Å². The number of amides is 4. The summed E-state index contributed by atoms with van der Waals surface area (Å²) in [7, 11) is 1.38. The van der Waals surface area contributed by atoms with Crippen molar-refractivity contribution in [3.8, 4) is 11.4 Å². The van der Waals surface area contributed by atoms with Gasteiger partial charge in [0.2, 0.25) is 0 Å². The second-order valence-electron chi connectivity index (χ2n) is 6.85. The summed E-state index contributed by atoms with van der Waals surface area (Å²) in [6.07, 6.45) is 3.00. The highest BCUT2D eigenvalue weighted by Crippen LogP contribution is 2.30. The predicted molar refractivity (Wildman–Crippen MR) is 122 cm³/mol. The molecule has 1 saturated heterocycles. The van der Waals surface area contributed by atoms with Gasteiger partial charge in [-0.3, -0.25) is 25.0 Å². The second kappa shape index (κ2) is 8.71. The minimum Gasteiger partial charge on any atom is -0.494 e. The lowest BCUT2D eigenvalue weighted by Crippen LogP contribution is -2.54. The Kier molecular flexibility index (Phi) is 5.80. The molecule has 1 aliphatic rings. The van der Waals surface area contributed by atoms with Gasteiger partial charge in [0.1, 0.15) is 11.3 Å². The molecule has 11 heteroatoms. The van der Waals surface area contributed by atoms with Crippen LogP contribution in [0.2, 0.25) is 0 Å². The zero-order valence-corrected chi connectivity index (χ0v) is 18.6. The summed E-state index contributed by atoms with van der Waals surface area (Å²) in [5.41, 5.74) is 0.785. The quantitative estimate of drug-likeness (QED) is 0.241. The zero-order valence-electron chi connectivity index (χ0n) is 17.0. The Hall–Kier alpha value is -4.25. The minimum atomic E-state index is -0.850. The third-order valence-electron chi connectivity index (χ3n) is 4.89. The minimum absolute atomic E-state index is 0.145. The normalized spacial score (nSPS) is 15.0. The van der Waals surface area contributed by atoms with Gasteiger partial charge in [-0.15, -0.1) is 0 Å². The number of urea groups is 1. The Morgan fingerprint density at radius 2 is 1.82 bits per heavy atom. The molecule has 4 amide bonds. The number of nitrogens with one attached hydrogen (secondary N) is 1. The van der Waals surface area contributed by atoms with Gasteiger partial charge in [-0.2, -0.15) is 0 Å². The topological polar surface area (TPSA) is 124 Å². The van der Waals surface area contributed by atoms with E-state index in [1.54, 1.807) is 47.2 Å². The second-order valence-corrected chi connectivity index (χ2v) is 7.77. The van der Waals surface area contributed by atoms with Gasteiger partial charge in [0.15, 0.2) is 0 Å². The van der Waals surface area contributed by atoms with Crippen LogP contribution in [0.5, 0.6) is 5.75 Å². The van der Waals surface area contributed by atoms with Crippen LogP contribution in [0.1, 0.15) is 5.69 Å². The van der Waals surface area contributed by atoms with Crippen molar-refractivity contribution >= 4 is 51.2 Å². The van der Waals surface area contributed by atoms with Crippen LogP contribution in [-0.2, 0) is 9.59 Å². The lowest BCUT2D eigenvalue weighted by atomic mass is 10.1. The molecule has 2 heterocycles. The molecule has 1 aliphatic heterocycles. The highest BCUT2D eigenvalue weighted by Gasteiger charge is 2.37. The summed E-state index contributed by atoms with van der Waals surface area (Å²) in [6, 6.07) is 13.0. The van der Waals surface area contributed by atoms with Crippen LogP contribution in [0.3, 0.4) is 0 Å². The van der Waals surface area contributed by atoms with Crippen LogP contribution < -0.4 is 15.0 Å². The lowest BCUT2D eigenvalue weighted by Gasteiger charge is -2.26. The van der Waals surface area contributed by atoms with Gasteiger partial charge in [0.25, 0.3) is 17.5 Å². The van der Waals surface area contributed by atoms with Crippen molar-refractivity contribution in [2.45, 2.75) is 0 Å². The third kappa shape index (κ3) is 4.13. The van der Waals surface area contributed by atoms with Crippen LogP contribution in [0.25, 0.3) is 11.8 Å². The molecule has 0 bridgehead atoms. The molecular weight excluding hydrogens is 496 g/mol. The molecule has 1 N–H and O–H groups in total. The number of rotatable bonds is 5. The molecule has 166 valence electrons. The Bertz CT molecular complexity index is 1330. The van der Waals surface area contributed by atoms with E-state index in [0.29, 0.717) is 17.1 Å². The molecule has 0 radical (unpaired) electrons. The molecule has 2 aromatic carbocycles. The molecule has 3 aromatic rings. The molecule has 10 nitrogen and oxygen atoms in total. The number of nitro groups is 1. The number of benzene rings is 2. The first-order valence-corrected chi connectivity index (χ1v) is 10.3. The monoisotopic (exact) mass is 510 g/mol. The largest absolute Gasteiger partial charge is 0.494 e. The maximum Gasteiger partial charge on any atom is 0.335 e. The zero-order chi connectivity index (χ0) is 23.7. The number of imide groups is 2. The molecule has 33 heavy (non-hydrogen) atoms. The Morgan fingerprint density at radius 1 is 1.09 bits per heavy atom. The summed E-state index contributed by atoms with van der Waals surface area (Å²) >= 11 is 3.30. The molecule has 0 unspecified atom stereocenters. The summed E-state index contributed by atoms with van der Waals surface area (Å²) in [6.45, 7) is 0. The van der Waals surface area contributed by atoms with Crippen LogP contribution >= 0.6 is 15.9 Å². The number of barbiturate groups is 1. The summed E-state index contributed by atoms with van der Waals surface area (Å²) in [5, 5.41) is 13.3. The number of non-ortho nitro benzene ring substituents is 1. The highest BCUT2D eigenvalue weighted by molar-refractivity contribution is 9.10. The summed E-state index contributed by atoms with van der Waals surface area (Å²) < 4.78 is 7.67. The van der Waals surface area contributed by atoms with Crippen molar-refractivity contribution in [3.05, 3.63) is 86.6 Å². The number of hydrogen-bond donors (Lipinski definition) is 1. The molecule has 1 fully saturated rings. The lowest BCUT2D eigenvalue weighted by molar-refractivity contribution is -0.384. The number of aromatic nitrogens is 1. The number of hydrogen-bond acceptors (Lipinski definition) is 6. The number of anilines is 1. The number of halogens is 1. The number of methoxy groups -OCH3 is 1.